The molecule has 0 saturated heterocycles. The van der Waals surface area contributed by atoms with Crippen molar-refractivity contribution in [2.24, 2.45) is 5.92 Å². The normalized spacial score (nSPS) is 21.4. The van der Waals surface area contributed by atoms with E-state index in [0.29, 0.717) is 18.4 Å². The van der Waals surface area contributed by atoms with Gasteiger partial charge in [0, 0.05) is 11.6 Å². The number of benzene rings is 1. The third kappa shape index (κ3) is 3.41. The minimum absolute atomic E-state index is 0.0111. The number of rotatable bonds is 5. The molecule has 0 spiro atoms. The third-order valence-electron chi connectivity index (χ3n) is 3.68. The Morgan fingerprint density at radius 2 is 1.81 bits per heavy atom. The Labute approximate surface area is 123 Å². The van der Waals surface area contributed by atoms with Crippen molar-refractivity contribution < 1.29 is 23.1 Å². The van der Waals surface area contributed by atoms with E-state index in [1.54, 1.807) is 6.92 Å². The van der Waals surface area contributed by atoms with Gasteiger partial charge in [0.15, 0.2) is 9.84 Å². The molecule has 1 amide bonds. The number of carboxylic acid groups (broad SMARTS) is 1. The molecule has 0 aliphatic heterocycles. The molecule has 0 radical (unpaired) electrons. The monoisotopic (exact) mass is 311 g/mol. The fourth-order valence-corrected chi connectivity index (χ4v) is 3.07. The van der Waals surface area contributed by atoms with E-state index < -0.39 is 15.8 Å². The summed E-state index contributed by atoms with van der Waals surface area (Å²) in [4.78, 5) is 22.8. The summed E-state index contributed by atoms with van der Waals surface area (Å²) in [6, 6.07) is 5.62. The van der Waals surface area contributed by atoms with Gasteiger partial charge in [-0.1, -0.05) is 6.92 Å². The molecule has 21 heavy (non-hydrogen) atoms. The largest absolute Gasteiger partial charge is 0.481 e. The Morgan fingerprint density at radius 3 is 2.29 bits per heavy atom. The van der Waals surface area contributed by atoms with Crippen LogP contribution in [0.4, 0.5) is 0 Å². The maximum atomic E-state index is 11.9. The first-order valence-electron chi connectivity index (χ1n) is 6.70. The molecular formula is C14H17NO5S. The van der Waals surface area contributed by atoms with Crippen LogP contribution in [0.25, 0.3) is 0 Å². The zero-order valence-electron chi connectivity index (χ0n) is 11.6. The van der Waals surface area contributed by atoms with Gasteiger partial charge in [-0.25, -0.2) is 8.42 Å². The second kappa shape index (κ2) is 5.85. The maximum Gasteiger partial charge on any atom is 0.306 e. The Morgan fingerprint density at radius 1 is 1.24 bits per heavy atom. The van der Waals surface area contributed by atoms with Gasteiger partial charge in [-0.3, -0.25) is 9.59 Å². The summed E-state index contributed by atoms with van der Waals surface area (Å²) in [5.74, 6) is -1.52. The van der Waals surface area contributed by atoms with Gasteiger partial charge in [0.1, 0.15) is 0 Å². The highest BCUT2D eigenvalue weighted by Gasteiger charge is 2.35. The number of carbonyl (C=O) groups excluding carboxylic acids is 1. The lowest BCUT2D eigenvalue weighted by molar-refractivity contribution is -0.145. The molecule has 6 nitrogen and oxygen atoms in total. The van der Waals surface area contributed by atoms with Gasteiger partial charge in [-0.15, -0.1) is 0 Å². The summed E-state index contributed by atoms with van der Waals surface area (Å²) in [5.41, 5.74) is 0.365. The molecule has 0 atom stereocenters. The standard InChI is InChI=1S/C14H17NO5S/c1-2-21(19,20)12-5-3-9(4-6-12)13(16)15-11-7-10(8-11)14(17)18/h3-6,10-11H,2,7-8H2,1H3,(H,15,16)(H,17,18). The molecule has 1 aromatic carbocycles. The molecule has 0 bridgehead atoms. The van der Waals surface area contributed by atoms with Crippen LogP contribution in [0.5, 0.6) is 0 Å². The molecule has 1 fully saturated rings. The molecule has 1 aromatic rings. The van der Waals surface area contributed by atoms with Crippen LogP contribution >= 0.6 is 0 Å². The summed E-state index contributed by atoms with van der Waals surface area (Å²) in [6.45, 7) is 1.56. The summed E-state index contributed by atoms with van der Waals surface area (Å²) in [7, 11) is -3.27. The van der Waals surface area contributed by atoms with Crippen molar-refractivity contribution in [1.82, 2.24) is 5.32 Å². The van der Waals surface area contributed by atoms with E-state index in [-0.39, 0.29) is 28.5 Å². The first-order valence-corrected chi connectivity index (χ1v) is 8.35. The summed E-state index contributed by atoms with van der Waals surface area (Å²) >= 11 is 0. The number of sulfone groups is 1. The smallest absolute Gasteiger partial charge is 0.306 e. The van der Waals surface area contributed by atoms with Crippen molar-refractivity contribution >= 4 is 21.7 Å². The molecule has 2 rings (SSSR count). The second-order valence-electron chi connectivity index (χ2n) is 5.10. The summed E-state index contributed by atoms with van der Waals surface area (Å²) in [6.07, 6.45) is 0.868. The number of aliphatic carboxylic acids is 1. The molecule has 0 heterocycles. The molecule has 114 valence electrons. The minimum Gasteiger partial charge on any atom is -0.481 e. The first kappa shape index (κ1) is 15.5. The molecule has 1 aliphatic carbocycles. The van der Waals surface area contributed by atoms with E-state index in [1.807, 2.05) is 0 Å². The highest BCUT2D eigenvalue weighted by molar-refractivity contribution is 7.91. The molecule has 0 unspecified atom stereocenters. The van der Waals surface area contributed by atoms with Crippen molar-refractivity contribution in [2.45, 2.75) is 30.7 Å². The Kier molecular flexibility index (Phi) is 4.32. The molecule has 7 heteroatoms. The highest BCUT2D eigenvalue weighted by Crippen LogP contribution is 2.27. The van der Waals surface area contributed by atoms with E-state index in [1.165, 1.54) is 24.3 Å². The lowest BCUT2D eigenvalue weighted by atomic mass is 9.80. The Hall–Kier alpha value is -1.89. The van der Waals surface area contributed by atoms with Gasteiger partial charge < -0.3 is 10.4 Å². The van der Waals surface area contributed by atoms with E-state index in [9.17, 15) is 18.0 Å². The second-order valence-corrected chi connectivity index (χ2v) is 7.38. The van der Waals surface area contributed by atoms with Crippen LogP contribution in [0.15, 0.2) is 29.2 Å². The number of nitrogens with one attached hydrogen (secondary N) is 1. The van der Waals surface area contributed by atoms with Crippen molar-refractivity contribution in [3.63, 3.8) is 0 Å². The predicted molar refractivity (Wildman–Crippen MR) is 75.8 cm³/mol. The third-order valence-corrected chi connectivity index (χ3v) is 5.43. The summed E-state index contributed by atoms with van der Waals surface area (Å²) < 4.78 is 23.3. The molecule has 0 aromatic heterocycles. The molecule has 2 N–H and O–H groups in total. The summed E-state index contributed by atoms with van der Waals surface area (Å²) in [5, 5.41) is 11.5. The van der Waals surface area contributed by atoms with Gasteiger partial charge in [0.2, 0.25) is 0 Å². The van der Waals surface area contributed by atoms with Gasteiger partial charge in [0.05, 0.1) is 16.6 Å². The number of hydrogen-bond acceptors (Lipinski definition) is 4. The van der Waals surface area contributed by atoms with Crippen molar-refractivity contribution in [1.29, 1.82) is 0 Å². The number of hydrogen-bond donors (Lipinski definition) is 2. The minimum atomic E-state index is -3.27. The lowest BCUT2D eigenvalue weighted by Gasteiger charge is -2.32. The van der Waals surface area contributed by atoms with E-state index in [0.717, 1.165) is 0 Å². The van der Waals surface area contributed by atoms with Crippen LogP contribution < -0.4 is 5.32 Å². The van der Waals surface area contributed by atoms with Crippen LogP contribution in [-0.4, -0.2) is 37.2 Å². The molecule has 1 saturated carbocycles. The topological polar surface area (TPSA) is 101 Å². The van der Waals surface area contributed by atoms with E-state index in [2.05, 4.69) is 5.32 Å². The first-order chi connectivity index (χ1) is 9.83. The fourth-order valence-electron chi connectivity index (χ4n) is 2.19. The van der Waals surface area contributed by atoms with Crippen LogP contribution in [0, 0.1) is 5.92 Å². The SMILES string of the molecule is CCS(=O)(=O)c1ccc(C(=O)NC2CC(C(=O)O)C2)cc1. The number of carboxylic acids is 1. The average molecular weight is 311 g/mol. The van der Waals surface area contributed by atoms with Gasteiger partial charge in [-0.05, 0) is 37.1 Å². The highest BCUT2D eigenvalue weighted by atomic mass is 32.2. The van der Waals surface area contributed by atoms with E-state index >= 15 is 0 Å². The van der Waals surface area contributed by atoms with Gasteiger partial charge >= 0.3 is 5.97 Å². The predicted octanol–water partition coefficient (Wildman–Crippen LogP) is 1.07. The molecular weight excluding hydrogens is 294 g/mol. The average Bonchev–Trinajstić information content (AvgIpc) is 2.41. The van der Waals surface area contributed by atoms with E-state index in [4.69, 9.17) is 5.11 Å². The fraction of sp³-hybridized carbons (Fsp3) is 0.429. The van der Waals surface area contributed by atoms with Crippen LogP contribution in [0.2, 0.25) is 0 Å². The lowest BCUT2D eigenvalue weighted by Crippen LogP contribution is -2.46. The quantitative estimate of drug-likeness (QED) is 0.847. The number of carbonyl (C=O) groups is 2. The van der Waals surface area contributed by atoms with Gasteiger partial charge in [0.25, 0.3) is 5.91 Å². The maximum absolute atomic E-state index is 11.9. The Balaban J connectivity index is 1.97. The zero-order chi connectivity index (χ0) is 15.6. The Bertz CT molecular complexity index is 644. The van der Waals surface area contributed by atoms with Gasteiger partial charge in [-0.2, -0.15) is 0 Å². The molecule has 1 aliphatic rings. The van der Waals surface area contributed by atoms with Crippen molar-refractivity contribution in [3.05, 3.63) is 29.8 Å². The van der Waals surface area contributed by atoms with Crippen LogP contribution in [0.3, 0.4) is 0 Å². The van der Waals surface area contributed by atoms with Crippen molar-refractivity contribution in [2.75, 3.05) is 5.75 Å². The van der Waals surface area contributed by atoms with Crippen LogP contribution in [0.1, 0.15) is 30.1 Å². The van der Waals surface area contributed by atoms with Crippen molar-refractivity contribution in [3.8, 4) is 0 Å². The zero-order valence-corrected chi connectivity index (χ0v) is 12.4. The number of amides is 1. The van der Waals surface area contributed by atoms with Crippen LogP contribution in [-0.2, 0) is 14.6 Å².